The second-order valence-electron chi connectivity index (χ2n) is 4.53. The Morgan fingerprint density at radius 1 is 1.29 bits per heavy atom. The van der Waals surface area contributed by atoms with E-state index in [1.165, 1.54) is 11.8 Å². The Labute approximate surface area is 131 Å². The van der Waals surface area contributed by atoms with Gasteiger partial charge in [-0.1, -0.05) is 41.6 Å². The maximum Gasteiger partial charge on any atom is 0.239 e. The molecular weight excluding hydrogens is 306 g/mol. The minimum atomic E-state index is -0.189. The number of carbonyl (C=O) groups excluding carboxylic acids is 1. The first-order chi connectivity index (χ1) is 10.2. The molecule has 0 saturated carbocycles. The Morgan fingerprint density at radius 3 is 2.95 bits per heavy atom. The van der Waals surface area contributed by atoms with Gasteiger partial charge in [-0.2, -0.15) is 0 Å². The van der Waals surface area contributed by atoms with E-state index in [2.05, 4.69) is 15.3 Å². The third-order valence-corrected chi connectivity index (χ3v) is 4.27. The van der Waals surface area contributed by atoms with Crippen molar-refractivity contribution in [1.29, 1.82) is 0 Å². The van der Waals surface area contributed by atoms with Crippen molar-refractivity contribution < 1.29 is 4.79 Å². The van der Waals surface area contributed by atoms with Crippen molar-refractivity contribution in [2.45, 2.75) is 11.7 Å². The molecule has 1 amide bonds. The number of nitrogens with zero attached hydrogens (tertiary/aromatic N) is 2. The predicted octanol–water partition coefficient (Wildman–Crippen LogP) is 3.20. The molecule has 0 unspecified atom stereocenters. The summed E-state index contributed by atoms with van der Waals surface area (Å²) in [6.07, 6.45) is 2.29. The molecule has 1 aromatic heterocycles. The average molecular weight is 318 g/mol. The average Bonchev–Trinajstić information content (AvgIpc) is 2.80. The fraction of sp³-hybridized carbons (Fsp3) is 0.133. The van der Waals surface area contributed by atoms with Crippen LogP contribution in [0.25, 0.3) is 0 Å². The van der Waals surface area contributed by atoms with Crippen LogP contribution >= 0.6 is 23.4 Å². The summed E-state index contributed by atoms with van der Waals surface area (Å²) in [5.74, 6) is 0.554. The third-order valence-electron chi connectivity index (χ3n) is 2.95. The molecule has 1 aliphatic heterocycles. The molecule has 1 fully saturated rings. The summed E-state index contributed by atoms with van der Waals surface area (Å²) in [6.45, 7) is 0. The fourth-order valence-corrected chi connectivity index (χ4v) is 3.22. The zero-order valence-corrected chi connectivity index (χ0v) is 12.6. The zero-order valence-electron chi connectivity index (χ0n) is 11.0. The number of hydrogen-bond donors (Lipinski definition) is 1. The van der Waals surface area contributed by atoms with Crippen LogP contribution in [0.3, 0.4) is 0 Å². The molecule has 3 rings (SSSR count). The number of thioether (sulfide) groups is 1. The molecule has 0 spiro atoms. The molecule has 1 aromatic carbocycles. The van der Waals surface area contributed by atoms with E-state index in [4.69, 9.17) is 11.6 Å². The van der Waals surface area contributed by atoms with Crippen molar-refractivity contribution in [3.05, 3.63) is 59.2 Å². The van der Waals surface area contributed by atoms with E-state index in [9.17, 15) is 4.79 Å². The number of amides is 1. The molecule has 0 radical (unpaired) electrons. The Balaban J connectivity index is 1.72. The number of pyridine rings is 1. The van der Waals surface area contributed by atoms with Gasteiger partial charge in [0, 0.05) is 11.2 Å². The van der Waals surface area contributed by atoms with Crippen molar-refractivity contribution in [3.8, 4) is 0 Å². The molecule has 1 aliphatic rings. The number of aromatic nitrogens is 1. The van der Waals surface area contributed by atoms with Gasteiger partial charge >= 0.3 is 0 Å². The first-order valence-corrected chi connectivity index (χ1v) is 7.68. The smallest absolute Gasteiger partial charge is 0.239 e. The van der Waals surface area contributed by atoms with E-state index in [1.54, 1.807) is 12.3 Å². The molecule has 6 heteroatoms. The lowest BCUT2D eigenvalue weighted by Crippen LogP contribution is -2.25. The van der Waals surface area contributed by atoms with Crippen LogP contribution in [0.5, 0.6) is 0 Å². The summed E-state index contributed by atoms with van der Waals surface area (Å²) in [7, 11) is 0. The lowest BCUT2D eigenvalue weighted by Gasteiger charge is -2.05. The quantitative estimate of drug-likeness (QED) is 0.946. The molecule has 0 bridgehead atoms. The predicted molar refractivity (Wildman–Crippen MR) is 86.0 cm³/mol. The molecule has 2 aromatic rings. The largest absolute Gasteiger partial charge is 0.304 e. The van der Waals surface area contributed by atoms with Gasteiger partial charge in [0.25, 0.3) is 0 Å². The molecule has 0 aliphatic carbocycles. The highest BCUT2D eigenvalue weighted by Crippen LogP contribution is 2.25. The van der Waals surface area contributed by atoms with Crippen molar-refractivity contribution in [1.82, 2.24) is 10.3 Å². The minimum Gasteiger partial charge on any atom is -0.304 e. The van der Waals surface area contributed by atoms with Crippen LogP contribution in [-0.4, -0.2) is 21.3 Å². The lowest BCUT2D eigenvalue weighted by atomic mass is 10.1. The van der Waals surface area contributed by atoms with Gasteiger partial charge in [0.2, 0.25) is 5.91 Å². The topological polar surface area (TPSA) is 54.4 Å². The Hall–Kier alpha value is -1.85. The Bertz CT molecular complexity index is 690. The van der Waals surface area contributed by atoms with E-state index in [0.717, 1.165) is 5.56 Å². The van der Waals surface area contributed by atoms with E-state index >= 15 is 0 Å². The first kappa shape index (κ1) is 14.1. The monoisotopic (exact) mass is 317 g/mol. The SMILES string of the molecule is O=C1NC(=Nc2ccccn2)S[C@H]1Cc1cccc(Cl)c1. The number of hydrogen-bond acceptors (Lipinski definition) is 4. The number of benzene rings is 1. The van der Waals surface area contributed by atoms with Gasteiger partial charge in [-0.15, -0.1) is 0 Å². The van der Waals surface area contributed by atoms with Crippen LogP contribution in [0.1, 0.15) is 5.56 Å². The fourth-order valence-electron chi connectivity index (χ4n) is 1.99. The van der Waals surface area contributed by atoms with Gasteiger partial charge < -0.3 is 5.32 Å². The van der Waals surface area contributed by atoms with Gasteiger partial charge in [0.05, 0.1) is 5.25 Å². The van der Waals surface area contributed by atoms with Crippen LogP contribution in [0, 0.1) is 0 Å². The molecule has 21 heavy (non-hydrogen) atoms. The number of amidine groups is 1. The molecule has 4 nitrogen and oxygen atoms in total. The van der Waals surface area contributed by atoms with Gasteiger partial charge in [-0.25, -0.2) is 9.98 Å². The summed E-state index contributed by atoms with van der Waals surface area (Å²) in [5.41, 5.74) is 1.04. The normalized spacial score (nSPS) is 19.8. The van der Waals surface area contributed by atoms with E-state index < -0.39 is 0 Å². The summed E-state index contributed by atoms with van der Waals surface area (Å²) < 4.78 is 0. The van der Waals surface area contributed by atoms with Crippen molar-refractivity contribution in [2.75, 3.05) is 0 Å². The third kappa shape index (κ3) is 3.62. The lowest BCUT2D eigenvalue weighted by molar-refractivity contribution is -0.118. The molecule has 1 N–H and O–H groups in total. The Kier molecular flexibility index (Phi) is 4.22. The van der Waals surface area contributed by atoms with E-state index in [1.807, 2.05) is 36.4 Å². The van der Waals surface area contributed by atoms with E-state index in [-0.39, 0.29) is 11.2 Å². The highest BCUT2D eigenvalue weighted by molar-refractivity contribution is 8.15. The number of rotatable bonds is 3. The standard InChI is InChI=1S/C15H12ClN3OS/c16-11-5-3-4-10(8-11)9-12-14(20)19-15(21-12)18-13-6-1-2-7-17-13/h1-8,12H,9H2,(H,17,18,19,20)/t12-/m0/s1. The number of halogens is 1. The molecular formula is C15H12ClN3OS. The van der Waals surface area contributed by atoms with Gasteiger partial charge in [-0.3, -0.25) is 4.79 Å². The van der Waals surface area contributed by atoms with Crippen LogP contribution in [0.15, 0.2) is 53.7 Å². The molecule has 106 valence electrons. The van der Waals surface area contributed by atoms with Crippen molar-refractivity contribution >= 4 is 40.3 Å². The van der Waals surface area contributed by atoms with Crippen molar-refractivity contribution in [2.24, 2.45) is 4.99 Å². The Morgan fingerprint density at radius 2 is 2.19 bits per heavy atom. The summed E-state index contributed by atoms with van der Waals surface area (Å²) in [5, 5.41) is 3.87. The molecule has 1 atom stereocenters. The first-order valence-electron chi connectivity index (χ1n) is 6.42. The maximum atomic E-state index is 12.0. The van der Waals surface area contributed by atoms with Crippen LogP contribution in [0.4, 0.5) is 5.82 Å². The van der Waals surface area contributed by atoms with Crippen LogP contribution in [0.2, 0.25) is 5.02 Å². The highest BCUT2D eigenvalue weighted by atomic mass is 35.5. The number of nitrogens with one attached hydrogen (secondary N) is 1. The minimum absolute atomic E-state index is 0.0327. The number of aliphatic imine (C=N–C) groups is 1. The highest BCUT2D eigenvalue weighted by Gasteiger charge is 2.30. The van der Waals surface area contributed by atoms with Gasteiger partial charge in [0.1, 0.15) is 0 Å². The van der Waals surface area contributed by atoms with Crippen LogP contribution < -0.4 is 5.32 Å². The van der Waals surface area contributed by atoms with Gasteiger partial charge in [0.15, 0.2) is 11.0 Å². The second-order valence-corrected chi connectivity index (χ2v) is 6.16. The molecule has 2 heterocycles. The summed E-state index contributed by atoms with van der Waals surface area (Å²) in [4.78, 5) is 20.4. The van der Waals surface area contributed by atoms with E-state index in [0.29, 0.717) is 22.4 Å². The van der Waals surface area contributed by atoms with Gasteiger partial charge in [-0.05, 0) is 36.2 Å². The van der Waals surface area contributed by atoms with Crippen LogP contribution in [-0.2, 0) is 11.2 Å². The summed E-state index contributed by atoms with van der Waals surface area (Å²) in [6, 6.07) is 13.0. The van der Waals surface area contributed by atoms with Crippen molar-refractivity contribution in [3.63, 3.8) is 0 Å². The summed E-state index contributed by atoms with van der Waals surface area (Å²) >= 11 is 7.38. The second kappa shape index (κ2) is 6.28. The maximum absolute atomic E-state index is 12.0. The zero-order chi connectivity index (χ0) is 14.7. The number of carbonyl (C=O) groups is 1. The molecule has 1 saturated heterocycles.